The van der Waals surface area contributed by atoms with Gasteiger partial charge in [0.05, 0.1) is 6.42 Å². The number of aromatic amines is 1. The number of carbonyl (C=O) groups excluding carboxylic acids is 1. The summed E-state index contributed by atoms with van der Waals surface area (Å²) in [5.41, 5.74) is 5.74. The van der Waals surface area contributed by atoms with Crippen molar-refractivity contribution in [2.45, 2.75) is 6.42 Å². The van der Waals surface area contributed by atoms with E-state index in [-0.39, 0.29) is 6.42 Å². The van der Waals surface area contributed by atoms with Gasteiger partial charge in [-0.25, -0.2) is 9.97 Å². The summed E-state index contributed by atoms with van der Waals surface area (Å²) >= 11 is 0. The molecule has 2 aromatic rings. The minimum absolute atomic E-state index is 0.0783. The van der Waals surface area contributed by atoms with Crippen molar-refractivity contribution < 1.29 is 4.79 Å². The van der Waals surface area contributed by atoms with Gasteiger partial charge in [0.25, 0.3) is 0 Å². The van der Waals surface area contributed by atoms with Crippen LogP contribution < -0.4 is 5.73 Å². The van der Waals surface area contributed by atoms with Gasteiger partial charge in [-0.3, -0.25) is 4.79 Å². The van der Waals surface area contributed by atoms with Gasteiger partial charge in [0.1, 0.15) is 11.5 Å². The molecule has 0 aliphatic heterocycles. The molecule has 13 heavy (non-hydrogen) atoms. The third-order valence-electron chi connectivity index (χ3n) is 1.68. The number of H-pyrrole nitrogens is 1. The minimum Gasteiger partial charge on any atom is -0.369 e. The van der Waals surface area contributed by atoms with E-state index in [1.54, 1.807) is 12.4 Å². The van der Waals surface area contributed by atoms with Crippen molar-refractivity contribution >= 4 is 16.9 Å². The number of carbonyl (C=O) groups is 1. The van der Waals surface area contributed by atoms with Crippen molar-refractivity contribution in [1.29, 1.82) is 0 Å². The van der Waals surface area contributed by atoms with Crippen molar-refractivity contribution in [3.8, 4) is 0 Å². The molecule has 3 N–H and O–H groups in total. The fourth-order valence-corrected chi connectivity index (χ4v) is 1.12. The highest BCUT2D eigenvalue weighted by Gasteiger charge is 2.03. The summed E-state index contributed by atoms with van der Waals surface area (Å²) in [5, 5.41) is 0.924. The van der Waals surface area contributed by atoms with Gasteiger partial charge >= 0.3 is 0 Å². The summed E-state index contributed by atoms with van der Waals surface area (Å²) in [6.45, 7) is 0. The molecule has 2 aromatic heterocycles. The molecule has 0 unspecified atom stereocenters. The lowest BCUT2D eigenvalue weighted by atomic mass is 10.3. The highest BCUT2D eigenvalue weighted by atomic mass is 16.1. The number of aromatic nitrogens is 3. The molecule has 0 saturated heterocycles. The first kappa shape index (κ1) is 7.72. The predicted octanol–water partition coefficient (Wildman–Crippen LogP) is -0.0143. The lowest BCUT2D eigenvalue weighted by Gasteiger charge is -1.95. The Morgan fingerprint density at radius 1 is 1.62 bits per heavy atom. The molecule has 0 spiro atoms. The highest BCUT2D eigenvalue weighted by molar-refractivity contribution is 5.77. The highest BCUT2D eigenvalue weighted by Crippen LogP contribution is 2.07. The molecule has 0 bridgehead atoms. The molecule has 1 amide bonds. The molecular formula is C8H8N4O. The largest absolute Gasteiger partial charge is 0.369 e. The first-order valence-corrected chi connectivity index (χ1v) is 3.83. The number of rotatable bonds is 2. The zero-order valence-electron chi connectivity index (χ0n) is 6.82. The molecule has 0 radical (unpaired) electrons. The van der Waals surface area contributed by atoms with Gasteiger partial charge in [-0.1, -0.05) is 0 Å². The molecule has 5 nitrogen and oxygen atoms in total. The molecule has 0 aromatic carbocycles. The lowest BCUT2D eigenvalue weighted by molar-refractivity contribution is -0.117. The Hall–Kier alpha value is -1.91. The number of hydrogen-bond acceptors (Lipinski definition) is 3. The summed E-state index contributed by atoms with van der Waals surface area (Å²) in [6, 6.07) is 1.86. The quantitative estimate of drug-likeness (QED) is 0.674. The van der Waals surface area contributed by atoms with Gasteiger partial charge in [0, 0.05) is 17.8 Å². The van der Waals surface area contributed by atoms with Crippen molar-refractivity contribution in [3.63, 3.8) is 0 Å². The van der Waals surface area contributed by atoms with Gasteiger partial charge in [-0.2, -0.15) is 0 Å². The maximum Gasteiger partial charge on any atom is 0.225 e. The summed E-state index contributed by atoms with van der Waals surface area (Å²) in [4.78, 5) is 21.6. The maximum absolute atomic E-state index is 10.6. The van der Waals surface area contributed by atoms with Crippen LogP contribution >= 0.6 is 0 Å². The zero-order chi connectivity index (χ0) is 9.26. The molecule has 66 valence electrons. The summed E-state index contributed by atoms with van der Waals surface area (Å²) in [6.07, 6.45) is 3.51. The molecule has 0 aliphatic rings. The molecule has 2 heterocycles. The average Bonchev–Trinajstić information content (AvgIpc) is 2.49. The van der Waals surface area contributed by atoms with Crippen LogP contribution in [0.3, 0.4) is 0 Å². The number of primary amides is 1. The van der Waals surface area contributed by atoms with E-state index in [0.717, 1.165) is 11.0 Å². The van der Waals surface area contributed by atoms with E-state index in [4.69, 9.17) is 5.73 Å². The van der Waals surface area contributed by atoms with Crippen LogP contribution in [0.15, 0.2) is 18.5 Å². The van der Waals surface area contributed by atoms with Crippen LogP contribution in [0.2, 0.25) is 0 Å². The first-order chi connectivity index (χ1) is 6.25. The van der Waals surface area contributed by atoms with Gasteiger partial charge < -0.3 is 10.7 Å². The summed E-state index contributed by atoms with van der Waals surface area (Å²) in [7, 11) is 0. The average molecular weight is 176 g/mol. The van der Waals surface area contributed by atoms with E-state index in [2.05, 4.69) is 15.0 Å². The second kappa shape index (κ2) is 2.85. The van der Waals surface area contributed by atoms with Crippen molar-refractivity contribution in [2.75, 3.05) is 0 Å². The lowest BCUT2D eigenvalue weighted by Crippen LogP contribution is -2.15. The number of nitrogens with one attached hydrogen (secondary N) is 1. The molecule has 0 fully saturated rings. The van der Waals surface area contributed by atoms with Crippen LogP contribution in [-0.4, -0.2) is 20.9 Å². The topological polar surface area (TPSA) is 84.7 Å². The summed E-state index contributed by atoms with van der Waals surface area (Å²) < 4.78 is 0. The SMILES string of the molecule is NC(=O)Cc1ncc2cc[nH]c2n1. The predicted molar refractivity (Wildman–Crippen MR) is 46.8 cm³/mol. The maximum atomic E-state index is 10.6. The Kier molecular flexibility index (Phi) is 1.70. The molecule has 0 atom stereocenters. The summed E-state index contributed by atoms with van der Waals surface area (Å²) in [5.74, 6) is 0.0216. The normalized spacial score (nSPS) is 10.5. The van der Waals surface area contributed by atoms with Crippen molar-refractivity contribution in [1.82, 2.24) is 15.0 Å². The molecule has 5 heteroatoms. The second-order valence-electron chi connectivity index (χ2n) is 2.71. The number of hydrogen-bond donors (Lipinski definition) is 2. The number of amides is 1. The molecule has 0 saturated carbocycles. The van der Waals surface area contributed by atoms with E-state index >= 15 is 0 Å². The van der Waals surface area contributed by atoms with Crippen LogP contribution in [0.5, 0.6) is 0 Å². The number of nitrogens with two attached hydrogens (primary N) is 1. The van der Waals surface area contributed by atoms with E-state index in [9.17, 15) is 4.79 Å². The van der Waals surface area contributed by atoms with E-state index in [1.165, 1.54) is 0 Å². The second-order valence-corrected chi connectivity index (χ2v) is 2.71. The molecule has 2 rings (SSSR count). The van der Waals surface area contributed by atoms with Crippen LogP contribution in [-0.2, 0) is 11.2 Å². The standard InChI is InChI=1S/C8H8N4O/c9-6(13)3-7-11-4-5-1-2-10-8(5)12-7/h1-2,4H,3H2,(H2,9,13)(H,10,11,12). The van der Waals surface area contributed by atoms with Gasteiger partial charge in [0.15, 0.2) is 0 Å². The van der Waals surface area contributed by atoms with Gasteiger partial charge in [-0.15, -0.1) is 0 Å². The fraction of sp³-hybridized carbons (Fsp3) is 0.125. The Morgan fingerprint density at radius 3 is 3.23 bits per heavy atom. The number of nitrogens with zero attached hydrogens (tertiary/aromatic N) is 2. The smallest absolute Gasteiger partial charge is 0.225 e. The third kappa shape index (κ3) is 1.48. The Bertz CT molecular complexity index is 448. The third-order valence-corrected chi connectivity index (χ3v) is 1.68. The molecule has 0 aliphatic carbocycles. The van der Waals surface area contributed by atoms with Gasteiger partial charge in [-0.05, 0) is 6.07 Å². The van der Waals surface area contributed by atoms with E-state index in [0.29, 0.717) is 5.82 Å². The van der Waals surface area contributed by atoms with E-state index in [1.807, 2.05) is 6.07 Å². The van der Waals surface area contributed by atoms with Crippen LogP contribution in [0.1, 0.15) is 5.82 Å². The van der Waals surface area contributed by atoms with Crippen LogP contribution in [0.25, 0.3) is 11.0 Å². The Morgan fingerprint density at radius 2 is 2.46 bits per heavy atom. The van der Waals surface area contributed by atoms with Crippen molar-refractivity contribution in [2.24, 2.45) is 5.73 Å². The van der Waals surface area contributed by atoms with E-state index < -0.39 is 5.91 Å². The molecular weight excluding hydrogens is 168 g/mol. The Balaban J connectivity index is 2.42. The Labute approximate surface area is 74.0 Å². The van der Waals surface area contributed by atoms with Gasteiger partial charge in [0.2, 0.25) is 5.91 Å². The number of fused-ring (bicyclic) bond motifs is 1. The van der Waals surface area contributed by atoms with Crippen LogP contribution in [0, 0.1) is 0 Å². The minimum atomic E-state index is -0.425. The van der Waals surface area contributed by atoms with Crippen LogP contribution in [0.4, 0.5) is 0 Å². The van der Waals surface area contributed by atoms with Crippen molar-refractivity contribution in [3.05, 3.63) is 24.3 Å². The zero-order valence-corrected chi connectivity index (χ0v) is 6.82. The monoisotopic (exact) mass is 176 g/mol. The fourth-order valence-electron chi connectivity index (χ4n) is 1.12. The first-order valence-electron chi connectivity index (χ1n) is 3.83.